The van der Waals surface area contributed by atoms with Crippen LogP contribution in [0.15, 0.2) is 152 Å². The zero-order valence-corrected chi connectivity index (χ0v) is 29.7. The van der Waals surface area contributed by atoms with Crippen LogP contribution in [0, 0.1) is 0 Å². The van der Waals surface area contributed by atoms with Crippen molar-refractivity contribution < 1.29 is 0 Å². The van der Waals surface area contributed by atoms with E-state index in [1.807, 2.05) is 11.3 Å². The molecule has 4 aliphatic heterocycles. The first-order chi connectivity index (χ1) is 26.8. The van der Waals surface area contributed by atoms with Gasteiger partial charge in [-0.1, -0.05) is 115 Å². The Bertz CT molecular complexity index is 3590. The molecule has 0 aliphatic carbocycles. The summed E-state index contributed by atoms with van der Waals surface area (Å²) in [7, 11) is 0. The quantitative estimate of drug-likeness (QED) is 0.159. The van der Waals surface area contributed by atoms with Crippen LogP contribution in [0.5, 0.6) is 0 Å². The molecular formula is C48H25B2N3S. The van der Waals surface area contributed by atoms with Crippen LogP contribution in [0.1, 0.15) is 0 Å². The van der Waals surface area contributed by atoms with E-state index >= 15 is 0 Å². The number of rotatable bonds is 1. The lowest BCUT2D eigenvalue weighted by molar-refractivity contribution is 1.14. The third kappa shape index (κ3) is 2.83. The molecule has 0 amide bonds. The average Bonchev–Trinajstić information content (AvgIpc) is 3.89. The standard InChI is InChI=1S/C48H25B2N3S/c1-2-12-26(13-3-1)51-37-22-8-6-18-32(37)49-34-20-11-17-30-41-46-35(24-31-28-15-5-9-23-40(28)54-48(31)41)50-33-19-10-16-29-27-14-4-7-21-36(27)52(44(29)33)39-25-38(51)42(49)47(43(39)50)53(46)45(30)34/h1-25H. The SMILES string of the molecule is c1ccc(N2c3ccccc3B3c4c2cc2c5c4-n4c6c3cccc6c3c6sc7ccccc7c6cc(c34)B5c3cccc4c5ccccc5n-2c34)cc1. The molecule has 0 unspecified atom stereocenters. The highest BCUT2D eigenvalue weighted by Gasteiger charge is 2.49. The topological polar surface area (TPSA) is 13.1 Å². The molecule has 3 nitrogen and oxygen atoms in total. The van der Waals surface area contributed by atoms with Crippen LogP contribution >= 0.6 is 11.3 Å². The molecule has 11 aromatic rings. The minimum atomic E-state index is 0.0905. The lowest BCUT2D eigenvalue weighted by atomic mass is 9.30. The largest absolute Gasteiger partial charge is 0.311 e. The molecule has 0 radical (unpaired) electrons. The van der Waals surface area contributed by atoms with Gasteiger partial charge >= 0.3 is 0 Å². The molecule has 4 aliphatic rings. The molecule has 0 atom stereocenters. The fraction of sp³-hybridized carbons (Fsp3) is 0. The third-order valence-electron chi connectivity index (χ3n) is 13.2. The molecule has 0 spiro atoms. The van der Waals surface area contributed by atoms with Crippen molar-refractivity contribution in [2.45, 2.75) is 0 Å². The van der Waals surface area contributed by atoms with E-state index in [1.165, 1.54) is 125 Å². The van der Waals surface area contributed by atoms with Crippen LogP contribution in [0.3, 0.4) is 0 Å². The van der Waals surface area contributed by atoms with Crippen LogP contribution in [0.25, 0.3) is 75.2 Å². The van der Waals surface area contributed by atoms with Gasteiger partial charge in [0, 0.05) is 81.2 Å². The van der Waals surface area contributed by atoms with Crippen LogP contribution in [0.2, 0.25) is 0 Å². The maximum Gasteiger partial charge on any atom is 0.252 e. The third-order valence-corrected chi connectivity index (χ3v) is 14.4. The van der Waals surface area contributed by atoms with Gasteiger partial charge in [0.05, 0.1) is 11.0 Å². The Morgan fingerprint density at radius 3 is 1.98 bits per heavy atom. The van der Waals surface area contributed by atoms with Crippen molar-refractivity contribution in [1.82, 2.24) is 9.13 Å². The van der Waals surface area contributed by atoms with Crippen molar-refractivity contribution in [3.8, 4) is 11.4 Å². The molecule has 244 valence electrons. The van der Waals surface area contributed by atoms with Crippen molar-refractivity contribution >= 4 is 138 Å². The predicted octanol–water partition coefficient (Wildman–Crippen LogP) is 8.00. The van der Waals surface area contributed by atoms with E-state index in [1.54, 1.807) is 0 Å². The second-order valence-corrected chi connectivity index (χ2v) is 16.6. The van der Waals surface area contributed by atoms with Gasteiger partial charge in [-0.05, 0) is 69.2 Å². The smallest absolute Gasteiger partial charge is 0.252 e. The van der Waals surface area contributed by atoms with E-state index in [9.17, 15) is 0 Å². The number of thiophene rings is 1. The fourth-order valence-corrected chi connectivity index (χ4v) is 12.7. The molecule has 7 heterocycles. The predicted molar refractivity (Wildman–Crippen MR) is 232 cm³/mol. The number of nitrogens with zero attached hydrogens (tertiary/aromatic N) is 3. The van der Waals surface area contributed by atoms with Crippen molar-refractivity contribution in [2.24, 2.45) is 0 Å². The zero-order chi connectivity index (χ0) is 34.6. The minimum absolute atomic E-state index is 0.0905. The Morgan fingerprint density at radius 2 is 1.09 bits per heavy atom. The van der Waals surface area contributed by atoms with Crippen molar-refractivity contribution in [2.75, 3.05) is 4.90 Å². The number of hydrogen-bond donors (Lipinski definition) is 0. The van der Waals surface area contributed by atoms with Gasteiger partial charge in [-0.2, -0.15) is 0 Å². The summed E-state index contributed by atoms with van der Waals surface area (Å²) in [6.45, 7) is 0.198. The molecule has 3 aromatic heterocycles. The van der Waals surface area contributed by atoms with Crippen molar-refractivity contribution in [1.29, 1.82) is 0 Å². The van der Waals surface area contributed by atoms with Gasteiger partial charge in [0.1, 0.15) is 0 Å². The monoisotopic (exact) mass is 697 g/mol. The molecule has 0 fully saturated rings. The highest BCUT2D eigenvalue weighted by molar-refractivity contribution is 7.27. The maximum atomic E-state index is 2.73. The number of benzene rings is 8. The summed E-state index contributed by atoms with van der Waals surface area (Å²) < 4.78 is 8.11. The Kier molecular flexibility index (Phi) is 4.52. The average molecular weight is 697 g/mol. The van der Waals surface area contributed by atoms with E-state index in [4.69, 9.17) is 0 Å². The van der Waals surface area contributed by atoms with E-state index in [2.05, 4.69) is 166 Å². The molecule has 0 N–H and O–H groups in total. The Labute approximate surface area is 314 Å². The van der Waals surface area contributed by atoms with Crippen molar-refractivity contribution in [3.63, 3.8) is 0 Å². The van der Waals surface area contributed by atoms with Gasteiger partial charge in [-0.25, -0.2) is 0 Å². The fourth-order valence-electron chi connectivity index (χ4n) is 11.4. The molecule has 8 aromatic carbocycles. The van der Waals surface area contributed by atoms with Crippen LogP contribution in [-0.2, 0) is 0 Å². The Balaban J connectivity index is 1.25. The number of fused-ring (bicyclic) bond motifs is 14. The lowest BCUT2D eigenvalue weighted by Gasteiger charge is -2.44. The summed E-state index contributed by atoms with van der Waals surface area (Å²) in [5.74, 6) is 0. The number of anilines is 3. The second-order valence-electron chi connectivity index (χ2n) is 15.5. The zero-order valence-electron chi connectivity index (χ0n) is 28.8. The number of aromatic nitrogens is 2. The van der Waals surface area contributed by atoms with Crippen LogP contribution < -0.4 is 37.7 Å². The first kappa shape index (κ1) is 27.2. The summed E-state index contributed by atoms with van der Waals surface area (Å²) in [5, 5.41) is 8.16. The highest BCUT2D eigenvalue weighted by Crippen LogP contribution is 2.48. The van der Waals surface area contributed by atoms with E-state index in [0.29, 0.717) is 0 Å². The molecular weight excluding hydrogens is 672 g/mol. The summed E-state index contributed by atoms with van der Waals surface area (Å²) >= 11 is 1.96. The molecule has 54 heavy (non-hydrogen) atoms. The van der Waals surface area contributed by atoms with E-state index in [0.717, 1.165) is 0 Å². The van der Waals surface area contributed by atoms with Crippen LogP contribution in [-0.4, -0.2) is 22.6 Å². The van der Waals surface area contributed by atoms with Crippen LogP contribution in [0.4, 0.5) is 17.1 Å². The number of para-hydroxylation sites is 5. The van der Waals surface area contributed by atoms with Gasteiger partial charge in [0.25, 0.3) is 13.4 Å². The minimum Gasteiger partial charge on any atom is -0.311 e. The molecule has 0 saturated heterocycles. The van der Waals surface area contributed by atoms with Gasteiger partial charge in [-0.3, -0.25) is 0 Å². The van der Waals surface area contributed by atoms with E-state index < -0.39 is 0 Å². The molecule has 6 heteroatoms. The number of hydrogen-bond acceptors (Lipinski definition) is 2. The molecule has 0 bridgehead atoms. The normalized spacial score (nSPS) is 14.2. The summed E-state index contributed by atoms with van der Waals surface area (Å²) in [6, 6.07) is 57.6. The van der Waals surface area contributed by atoms with E-state index in [-0.39, 0.29) is 13.4 Å². The lowest BCUT2D eigenvalue weighted by Crippen LogP contribution is -2.66. The second kappa shape index (κ2) is 8.99. The summed E-state index contributed by atoms with van der Waals surface area (Å²) in [6.07, 6.45) is 0. The molecule has 0 saturated carbocycles. The molecule has 15 rings (SSSR count). The summed E-state index contributed by atoms with van der Waals surface area (Å²) in [4.78, 5) is 2.55. The highest BCUT2D eigenvalue weighted by atomic mass is 32.1. The Hall–Kier alpha value is -6.49. The first-order valence-electron chi connectivity index (χ1n) is 18.9. The first-order valence-corrected chi connectivity index (χ1v) is 19.8. The van der Waals surface area contributed by atoms with Gasteiger partial charge < -0.3 is 14.0 Å². The van der Waals surface area contributed by atoms with Crippen molar-refractivity contribution in [3.05, 3.63) is 152 Å². The van der Waals surface area contributed by atoms with Gasteiger partial charge in [0.2, 0.25) is 0 Å². The van der Waals surface area contributed by atoms with Gasteiger partial charge in [-0.15, -0.1) is 11.3 Å². The summed E-state index contributed by atoms with van der Waals surface area (Å²) in [5.41, 5.74) is 20.2. The van der Waals surface area contributed by atoms with Gasteiger partial charge in [0.15, 0.2) is 0 Å². The Morgan fingerprint density at radius 1 is 0.426 bits per heavy atom. The maximum absolute atomic E-state index is 2.73.